The summed E-state index contributed by atoms with van der Waals surface area (Å²) in [6.07, 6.45) is 1.69. The van der Waals surface area contributed by atoms with Gasteiger partial charge in [-0.1, -0.05) is 18.2 Å². The highest BCUT2D eigenvalue weighted by atomic mass is 16.4. The lowest BCUT2D eigenvalue weighted by molar-refractivity contribution is 0.0751. The molecule has 2 heterocycles. The predicted octanol–water partition coefficient (Wildman–Crippen LogP) is 2.83. The molecule has 0 bridgehead atoms. The van der Waals surface area contributed by atoms with Crippen LogP contribution in [0.15, 0.2) is 70.0 Å². The number of carbonyl (C=O) groups is 1. The highest BCUT2D eigenvalue weighted by Gasteiger charge is 2.16. The summed E-state index contributed by atoms with van der Waals surface area (Å²) in [6, 6.07) is 16.4. The number of nitrogens with zero attached hydrogens (tertiary/aromatic N) is 3. The number of carbonyl (C=O) groups excluding carboxylic acids is 1. The zero-order valence-corrected chi connectivity index (χ0v) is 15.8. The van der Waals surface area contributed by atoms with Crippen LogP contribution in [-0.2, 0) is 13.1 Å². The summed E-state index contributed by atoms with van der Waals surface area (Å²) in [5.41, 5.74) is 2.04. The van der Waals surface area contributed by atoms with Gasteiger partial charge < -0.3 is 18.8 Å². The molecular formula is C21H23N3O3. The van der Waals surface area contributed by atoms with Gasteiger partial charge in [0.15, 0.2) is 5.76 Å². The lowest BCUT2D eigenvalue weighted by Crippen LogP contribution is -2.25. The van der Waals surface area contributed by atoms with Crippen LogP contribution in [-0.4, -0.2) is 36.5 Å². The maximum atomic E-state index is 12.6. The van der Waals surface area contributed by atoms with Crippen LogP contribution in [0, 0.1) is 0 Å². The number of aromatic nitrogens is 1. The van der Waals surface area contributed by atoms with Crippen molar-refractivity contribution >= 4 is 11.6 Å². The monoisotopic (exact) mass is 365 g/mol. The van der Waals surface area contributed by atoms with Gasteiger partial charge in [-0.15, -0.1) is 0 Å². The van der Waals surface area contributed by atoms with E-state index in [1.165, 1.54) is 10.6 Å². The Labute approximate surface area is 158 Å². The summed E-state index contributed by atoms with van der Waals surface area (Å²) in [5, 5.41) is 0. The molecule has 1 aromatic carbocycles. The minimum Gasteiger partial charge on any atom is -0.454 e. The maximum absolute atomic E-state index is 12.6. The number of pyridine rings is 1. The minimum atomic E-state index is -0.196. The molecule has 0 saturated heterocycles. The van der Waals surface area contributed by atoms with Crippen LogP contribution >= 0.6 is 0 Å². The second-order valence-electron chi connectivity index (χ2n) is 6.65. The first-order valence-corrected chi connectivity index (χ1v) is 8.70. The van der Waals surface area contributed by atoms with E-state index >= 15 is 0 Å². The van der Waals surface area contributed by atoms with Gasteiger partial charge in [-0.2, -0.15) is 0 Å². The van der Waals surface area contributed by atoms with Crippen molar-refractivity contribution in [1.29, 1.82) is 0 Å². The van der Waals surface area contributed by atoms with Crippen molar-refractivity contribution in [2.45, 2.75) is 13.1 Å². The third-order valence-electron chi connectivity index (χ3n) is 4.32. The van der Waals surface area contributed by atoms with Crippen LogP contribution in [0.2, 0.25) is 0 Å². The number of furan rings is 1. The number of benzene rings is 1. The van der Waals surface area contributed by atoms with Gasteiger partial charge in [0.1, 0.15) is 5.76 Å². The van der Waals surface area contributed by atoms with Crippen LogP contribution in [0.4, 0.5) is 5.69 Å². The summed E-state index contributed by atoms with van der Waals surface area (Å²) in [6.45, 7) is 0.781. The van der Waals surface area contributed by atoms with Crippen molar-refractivity contribution < 1.29 is 9.21 Å². The molecule has 0 aliphatic carbocycles. The average molecular weight is 365 g/mol. The first-order valence-electron chi connectivity index (χ1n) is 8.70. The minimum absolute atomic E-state index is 0.111. The fraction of sp³-hybridized carbons (Fsp3) is 0.238. The van der Waals surface area contributed by atoms with E-state index in [0.29, 0.717) is 18.8 Å². The average Bonchev–Trinajstić information content (AvgIpc) is 3.12. The molecule has 6 heteroatoms. The second-order valence-corrected chi connectivity index (χ2v) is 6.65. The Kier molecular flexibility index (Phi) is 5.45. The molecule has 0 spiro atoms. The molecule has 0 saturated carbocycles. The van der Waals surface area contributed by atoms with Gasteiger partial charge in [0, 0.05) is 45.6 Å². The quantitative estimate of drug-likeness (QED) is 0.674. The molecule has 140 valence electrons. The molecule has 0 aliphatic rings. The van der Waals surface area contributed by atoms with Gasteiger partial charge in [0.2, 0.25) is 0 Å². The number of amides is 1. The van der Waals surface area contributed by atoms with Crippen molar-refractivity contribution in [3.8, 4) is 0 Å². The number of anilines is 1. The van der Waals surface area contributed by atoms with Crippen LogP contribution < -0.4 is 10.5 Å². The molecule has 6 nitrogen and oxygen atoms in total. The molecule has 3 aromatic rings. The lowest BCUT2D eigenvalue weighted by atomic mass is 10.2. The zero-order chi connectivity index (χ0) is 19.4. The van der Waals surface area contributed by atoms with E-state index in [4.69, 9.17) is 4.42 Å². The van der Waals surface area contributed by atoms with E-state index in [1.54, 1.807) is 42.4 Å². The molecule has 27 heavy (non-hydrogen) atoms. The maximum Gasteiger partial charge on any atom is 0.289 e. The Hall–Kier alpha value is -3.28. The fourth-order valence-corrected chi connectivity index (χ4v) is 2.77. The van der Waals surface area contributed by atoms with E-state index in [2.05, 4.69) is 0 Å². The third-order valence-corrected chi connectivity index (χ3v) is 4.32. The molecule has 0 atom stereocenters. The Balaban J connectivity index is 1.66. The van der Waals surface area contributed by atoms with Gasteiger partial charge in [0.05, 0.1) is 6.54 Å². The number of rotatable bonds is 6. The van der Waals surface area contributed by atoms with Gasteiger partial charge in [-0.05, 0) is 35.9 Å². The molecule has 3 rings (SSSR count). The number of hydrogen-bond acceptors (Lipinski definition) is 4. The van der Waals surface area contributed by atoms with Crippen molar-refractivity contribution in [3.63, 3.8) is 0 Å². The van der Waals surface area contributed by atoms with E-state index in [9.17, 15) is 9.59 Å². The van der Waals surface area contributed by atoms with E-state index in [1.807, 2.05) is 43.3 Å². The summed E-state index contributed by atoms with van der Waals surface area (Å²) in [4.78, 5) is 28.0. The van der Waals surface area contributed by atoms with E-state index in [-0.39, 0.29) is 17.2 Å². The standard InChI is InChI=1S/C21H23N3O3/c1-22(2)17-9-7-16(8-10-17)14-23(3)21(26)19-12-11-18(27-19)15-24-13-5-4-6-20(24)25/h4-13H,14-15H2,1-3H3. The van der Waals surface area contributed by atoms with Crippen molar-refractivity contribution in [1.82, 2.24) is 9.47 Å². The van der Waals surface area contributed by atoms with Gasteiger partial charge in [-0.3, -0.25) is 9.59 Å². The molecular weight excluding hydrogens is 342 g/mol. The molecule has 0 N–H and O–H groups in total. The molecule has 0 unspecified atom stereocenters. The van der Waals surface area contributed by atoms with Crippen LogP contribution in [0.3, 0.4) is 0 Å². The molecule has 1 amide bonds. The Bertz CT molecular complexity index is 971. The van der Waals surface area contributed by atoms with E-state index < -0.39 is 0 Å². The largest absolute Gasteiger partial charge is 0.454 e. The third kappa shape index (κ3) is 4.47. The smallest absolute Gasteiger partial charge is 0.289 e. The molecule has 0 fully saturated rings. The first kappa shape index (κ1) is 18.5. The van der Waals surface area contributed by atoms with Crippen LogP contribution in [0.25, 0.3) is 0 Å². The van der Waals surface area contributed by atoms with Gasteiger partial charge in [-0.25, -0.2) is 0 Å². The van der Waals surface area contributed by atoms with Crippen molar-refractivity contribution in [3.05, 3.63) is 88.2 Å². The summed E-state index contributed by atoms with van der Waals surface area (Å²) in [5.74, 6) is 0.634. The highest BCUT2D eigenvalue weighted by molar-refractivity contribution is 5.91. The fourth-order valence-electron chi connectivity index (χ4n) is 2.77. The van der Waals surface area contributed by atoms with E-state index in [0.717, 1.165) is 11.3 Å². The lowest BCUT2D eigenvalue weighted by Gasteiger charge is -2.17. The van der Waals surface area contributed by atoms with Crippen LogP contribution in [0.1, 0.15) is 21.9 Å². The molecule has 0 aliphatic heterocycles. The van der Waals surface area contributed by atoms with Gasteiger partial charge in [0.25, 0.3) is 11.5 Å². The molecule has 2 aromatic heterocycles. The summed E-state index contributed by atoms with van der Waals surface area (Å²) >= 11 is 0. The topological polar surface area (TPSA) is 58.7 Å². The SMILES string of the molecule is CN(Cc1ccc(N(C)C)cc1)C(=O)c1ccc(Cn2ccccc2=O)o1. The zero-order valence-electron chi connectivity index (χ0n) is 15.8. The van der Waals surface area contributed by atoms with Crippen molar-refractivity contribution in [2.24, 2.45) is 0 Å². The first-order chi connectivity index (χ1) is 12.9. The van der Waals surface area contributed by atoms with Crippen LogP contribution in [0.5, 0.6) is 0 Å². The molecule has 0 radical (unpaired) electrons. The Morgan fingerprint density at radius 3 is 2.41 bits per heavy atom. The summed E-state index contributed by atoms with van der Waals surface area (Å²) in [7, 11) is 5.72. The van der Waals surface area contributed by atoms with Crippen molar-refractivity contribution in [2.75, 3.05) is 26.0 Å². The number of hydrogen-bond donors (Lipinski definition) is 0. The van der Waals surface area contributed by atoms with Gasteiger partial charge >= 0.3 is 0 Å². The highest BCUT2D eigenvalue weighted by Crippen LogP contribution is 2.16. The Morgan fingerprint density at radius 2 is 1.74 bits per heavy atom. The second kappa shape index (κ2) is 7.95. The predicted molar refractivity (Wildman–Crippen MR) is 105 cm³/mol. The normalized spacial score (nSPS) is 10.6. The summed E-state index contributed by atoms with van der Waals surface area (Å²) < 4.78 is 7.19. The Morgan fingerprint density at radius 1 is 1.00 bits per heavy atom.